The minimum absolute atomic E-state index is 0.199. The van der Waals surface area contributed by atoms with Crippen LogP contribution in [-0.2, 0) is 0 Å². The van der Waals surface area contributed by atoms with Crippen LogP contribution >= 0.6 is 23.2 Å². The minimum Gasteiger partial charge on any atom is -0.495 e. The zero-order valence-corrected chi connectivity index (χ0v) is 9.14. The lowest BCUT2D eigenvalue weighted by Crippen LogP contribution is -2.12. The Morgan fingerprint density at radius 3 is 2.86 bits per heavy atom. The molecule has 14 heavy (non-hydrogen) atoms. The second-order valence-corrected chi connectivity index (χ2v) is 3.23. The molecule has 2 N–H and O–H groups in total. The van der Waals surface area contributed by atoms with E-state index in [-0.39, 0.29) is 5.88 Å². The van der Waals surface area contributed by atoms with Crippen LogP contribution in [0.3, 0.4) is 0 Å². The number of nitrogens with two attached hydrogens (primary N) is 1. The Labute approximate surface area is 92.5 Å². The van der Waals surface area contributed by atoms with Crippen molar-refractivity contribution >= 4 is 34.7 Å². The predicted octanol–water partition coefficient (Wildman–Crippen LogP) is 2.58. The lowest BCUT2D eigenvalue weighted by Gasteiger charge is -2.03. The van der Waals surface area contributed by atoms with Crippen molar-refractivity contribution in [3.05, 3.63) is 23.2 Å². The van der Waals surface area contributed by atoms with Crippen LogP contribution in [0.25, 0.3) is 0 Å². The van der Waals surface area contributed by atoms with Crippen LogP contribution in [0.4, 0.5) is 5.69 Å². The quantitative estimate of drug-likeness (QED) is 0.495. The van der Waals surface area contributed by atoms with E-state index in [2.05, 4.69) is 4.99 Å². The van der Waals surface area contributed by atoms with E-state index in [1.54, 1.807) is 25.3 Å². The van der Waals surface area contributed by atoms with E-state index in [4.69, 9.17) is 33.7 Å². The molecule has 0 fully saturated rings. The van der Waals surface area contributed by atoms with Gasteiger partial charge in [-0.2, -0.15) is 0 Å². The molecule has 0 aliphatic carbocycles. The summed E-state index contributed by atoms with van der Waals surface area (Å²) in [5, 5.41) is 0.538. The monoisotopic (exact) mass is 232 g/mol. The molecule has 76 valence electrons. The Morgan fingerprint density at radius 1 is 1.57 bits per heavy atom. The van der Waals surface area contributed by atoms with Crippen molar-refractivity contribution in [3.8, 4) is 5.75 Å². The van der Waals surface area contributed by atoms with Crippen molar-refractivity contribution in [2.75, 3.05) is 13.0 Å². The van der Waals surface area contributed by atoms with Crippen LogP contribution < -0.4 is 10.5 Å². The summed E-state index contributed by atoms with van der Waals surface area (Å²) >= 11 is 11.3. The summed E-state index contributed by atoms with van der Waals surface area (Å²) in [4.78, 5) is 4.05. The lowest BCUT2D eigenvalue weighted by molar-refractivity contribution is 0.415. The van der Waals surface area contributed by atoms with E-state index in [0.29, 0.717) is 22.3 Å². The summed E-state index contributed by atoms with van der Waals surface area (Å²) < 4.78 is 5.03. The number of halogens is 2. The van der Waals surface area contributed by atoms with Gasteiger partial charge in [0, 0.05) is 6.07 Å². The Hall–Kier alpha value is -0.930. The zero-order valence-electron chi connectivity index (χ0n) is 7.63. The molecule has 0 heterocycles. The normalized spacial score (nSPS) is 11.5. The van der Waals surface area contributed by atoms with Crippen LogP contribution in [-0.4, -0.2) is 18.8 Å². The van der Waals surface area contributed by atoms with Gasteiger partial charge in [0.05, 0.1) is 23.7 Å². The first-order chi connectivity index (χ1) is 6.67. The summed E-state index contributed by atoms with van der Waals surface area (Å²) in [6, 6.07) is 5.13. The van der Waals surface area contributed by atoms with Crippen molar-refractivity contribution in [2.24, 2.45) is 10.7 Å². The number of hydrogen-bond acceptors (Lipinski definition) is 2. The number of hydrogen-bond donors (Lipinski definition) is 1. The minimum atomic E-state index is 0.199. The highest BCUT2D eigenvalue weighted by Gasteiger charge is 2.01. The van der Waals surface area contributed by atoms with Gasteiger partial charge < -0.3 is 10.5 Å². The molecular formula is C9H10Cl2N2O. The summed E-state index contributed by atoms with van der Waals surface area (Å²) in [6.45, 7) is 0. The fraction of sp³-hybridized carbons (Fsp3) is 0.222. The van der Waals surface area contributed by atoms with Gasteiger partial charge >= 0.3 is 0 Å². The Morgan fingerprint density at radius 2 is 2.29 bits per heavy atom. The standard InChI is InChI=1S/C9H10Cl2N2O/c1-14-8-4-6(2-3-7(8)11)13-9(12)5-10/h2-4H,5H2,1H3,(H2,12,13). The van der Waals surface area contributed by atoms with Crippen molar-refractivity contribution in [2.45, 2.75) is 0 Å². The summed E-state index contributed by atoms with van der Waals surface area (Å²) in [7, 11) is 1.54. The molecule has 0 spiro atoms. The maximum Gasteiger partial charge on any atom is 0.139 e. The molecule has 0 saturated carbocycles. The Bertz CT molecular complexity index is 353. The summed E-state index contributed by atoms with van der Waals surface area (Å²) in [5.41, 5.74) is 6.15. The molecule has 0 atom stereocenters. The third-order valence-electron chi connectivity index (χ3n) is 1.54. The molecule has 0 aromatic heterocycles. The first kappa shape index (κ1) is 11.1. The van der Waals surface area contributed by atoms with Crippen molar-refractivity contribution in [1.29, 1.82) is 0 Å². The van der Waals surface area contributed by atoms with Gasteiger partial charge in [0.2, 0.25) is 0 Å². The van der Waals surface area contributed by atoms with E-state index >= 15 is 0 Å². The number of methoxy groups -OCH3 is 1. The predicted molar refractivity (Wildman–Crippen MR) is 60.0 cm³/mol. The first-order valence-corrected chi connectivity index (χ1v) is 4.81. The van der Waals surface area contributed by atoms with Crippen molar-refractivity contribution in [1.82, 2.24) is 0 Å². The van der Waals surface area contributed by atoms with E-state index < -0.39 is 0 Å². The zero-order chi connectivity index (χ0) is 10.6. The van der Waals surface area contributed by atoms with Crippen LogP contribution in [0.2, 0.25) is 5.02 Å². The number of amidine groups is 1. The smallest absolute Gasteiger partial charge is 0.139 e. The first-order valence-electron chi connectivity index (χ1n) is 3.90. The second kappa shape index (κ2) is 5.08. The summed E-state index contributed by atoms with van der Waals surface area (Å²) in [5.74, 6) is 1.12. The van der Waals surface area contributed by atoms with E-state index in [0.717, 1.165) is 0 Å². The van der Waals surface area contributed by atoms with Gasteiger partial charge in [-0.15, -0.1) is 11.6 Å². The molecule has 0 bridgehead atoms. The average molecular weight is 233 g/mol. The van der Waals surface area contributed by atoms with Crippen LogP contribution in [0.1, 0.15) is 0 Å². The van der Waals surface area contributed by atoms with Gasteiger partial charge in [0.15, 0.2) is 0 Å². The molecule has 1 aromatic carbocycles. The van der Waals surface area contributed by atoms with E-state index in [9.17, 15) is 0 Å². The molecule has 1 aromatic rings. The van der Waals surface area contributed by atoms with E-state index in [1.807, 2.05) is 0 Å². The molecule has 0 unspecified atom stereocenters. The highest BCUT2D eigenvalue weighted by atomic mass is 35.5. The maximum atomic E-state index is 5.84. The highest BCUT2D eigenvalue weighted by molar-refractivity contribution is 6.32. The highest BCUT2D eigenvalue weighted by Crippen LogP contribution is 2.28. The van der Waals surface area contributed by atoms with Gasteiger partial charge in [-0.05, 0) is 12.1 Å². The van der Waals surface area contributed by atoms with Gasteiger partial charge in [-0.25, -0.2) is 4.99 Å². The Balaban J connectivity index is 3.01. The molecule has 5 heteroatoms. The molecular weight excluding hydrogens is 223 g/mol. The topological polar surface area (TPSA) is 47.6 Å². The number of benzene rings is 1. The number of aliphatic imine (C=N–C) groups is 1. The van der Waals surface area contributed by atoms with Gasteiger partial charge in [0.25, 0.3) is 0 Å². The fourth-order valence-electron chi connectivity index (χ4n) is 0.914. The van der Waals surface area contributed by atoms with Crippen LogP contribution in [0, 0.1) is 0 Å². The van der Waals surface area contributed by atoms with Gasteiger partial charge in [-0.3, -0.25) is 0 Å². The maximum absolute atomic E-state index is 5.84. The molecule has 3 nitrogen and oxygen atoms in total. The molecule has 0 radical (unpaired) electrons. The number of ether oxygens (including phenoxy) is 1. The second-order valence-electron chi connectivity index (χ2n) is 2.56. The van der Waals surface area contributed by atoms with Gasteiger partial charge in [0.1, 0.15) is 11.6 Å². The van der Waals surface area contributed by atoms with Crippen LogP contribution in [0.15, 0.2) is 23.2 Å². The molecule has 1 rings (SSSR count). The van der Waals surface area contributed by atoms with Crippen molar-refractivity contribution < 1.29 is 4.74 Å². The number of nitrogens with zero attached hydrogens (tertiary/aromatic N) is 1. The lowest BCUT2D eigenvalue weighted by atomic mass is 10.3. The molecule has 0 saturated heterocycles. The third kappa shape index (κ3) is 2.79. The van der Waals surface area contributed by atoms with Gasteiger partial charge in [-0.1, -0.05) is 11.6 Å². The fourth-order valence-corrected chi connectivity index (χ4v) is 1.17. The molecule has 0 amide bonds. The molecule has 0 aliphatic heterocycles. The molecule has 0 aliphatic rings. The van der Waals surface area contributed by atoms with Crippen LogP contribution in [0.5, 0.6) is 5.75 Å². The largest absolute Gasteiger partial charge is 0.495 e. The third-order valence-corrected chi connectivity index (χ3v) is 2.13. The summed E-state index contributed by atoms with van der Waals surface area (Å²) in [6.07, 6.45) is 0. The SMILES string of the molecule is COc1cc(N=C(N)CCl)ccc1Cl. The van der Waals surface area contributed by atoms with Crippen molar-refractivity contribution in [3.63, 3.8) is 0 Å². The Kier molecular flexibility index (Phi) is 4.04. The number of rotatable bonds is 3. The van der Waals surface area contributed by atoms with E-state index in [1.165, 1.54) is 0 Å². The average Bonchev–Trinajstić information content (AvgIpc) is 2.20. The number of alkyl halides is 1.